The molecule has 0 radical (unpaired) electrons. The van der Waals surface area contributed by atoms with Gasteiger partial charge in [0.05, 0.1) is 5.52 Å². The lowest BCUT2D eigenvalue weighted by Crippen LogP contribution is -2.34. The lowest BCUT2D eigenvalue weighted by Gasteiger charge is -2.26. The summed E-state index contributed by atoms with van der Waals surface area (Å²) in [5, 5.41) is 1.05. The second-order valence-electron chi connectivity index (χ2n) is 10.0. The summed E-state index contributed by atoms with van der Waals surface area (Å²) in [7, 11) is 0. The highest BCUT2D eigenvalue weighted by Crippen LogP contribution is 2.29. The van der Waals surface area contributed by atoms with Crippen LogP contribution in [-0.2, 0) is 11.2 Å². The summed E-state index contributed by atoms with van der Waals surface area (Å²) in [5.74, 6) is -0.128. The first-order valence-electron chi connectivity index (χ1n) is 13.8. The van der Waals surface area contributed by atoms with Crippen LogP contribution in [0, 0.1) is 0 Å². The fourth-order valence-corrected chi connectivity index (χ4v) is 5.35. The van der Waals surface area contributed by atoms with Crippen molar-refractivity contribution in [2.45, 2.75) is 32.1 Å². The molecule has 0 aliphatic heterocycles. The van der Waals surface area contributed by atoms with Crippen molar-refractivity contribution in [1.82, 2.24) is 9.63 Å². The highest BCUT2D eigenvalue weighted by atomic mass is 16.7. The second-order valence-corrected chi connectivity index (χ2v) is 10.0. The van der Waals surface area contributed by atoms with Crippen molar-refractivity contribution >= 4 is 22.8 Å². The molecule has 0 N–H and O–H groups in total. The molecule has 1 heterocycles. The number of hydrogen-bond acceptors (Lipinski definition) is 3. The molecule has 0 unspecified atom stereocenters. The number of aryl methyl sites for hydroxylation is 1. The Hall–Kier alpha value is -4.64. The molecular weight excluding hydrogens is 496 g/mol. The van der Waals surface area contributed by atoms with Crippen molar-refractivity contribution < 1.29 is 14.4 Å². The molecule has 5 aromatic rings. The Morgan fingerprint density at radius 1 is 0.750 bits per heavy atom. The summed E-state index contributed by atoms with van der Waals surface area (Å²) in [6.45, 7) is 2.66. The van der Waals surface area contributed by atoms with E-state index in [-0.39, 0.29) is 17.8 Å². The van der Waals surface area contributed by atoms with Gasteiger partial charge < -0.3 is 9.74 Å². The minimum atomic E-state index is -0.363. The minimum Gasteiger partial charge on any atom is -0.339 e. The molecule has 0 aliphatic rings. The molecule has 40 heavy (non-hydrogen) atoms. The Morgan fingerprint density at radius 3 is 1.95 bits per heavy atom. The number of benzene rings is 4. The van der Waals surface area contributed by atoms with E-state index in [4.69, 9.17) is 4.84 Å². The average molecular weight is 531 g/mol. The number of hydrogen-bond donors (Lipinski definition) is 0. The van der Waals surface area contributed by atoms with E-state index < -0.39 is 0 Å². The number of carbonyl (C=O) groups excluding carboxylic acids is 2. The predicted octanol–water partition coefficient (Wildman–Crippen LogP) is 6.91. The molecule has 5 nitrogen and oxygen atoms in total. The normalized spacial score (nSPS) is 11.1. The first-order chi connectivity index (χ1) is 19.6. The van der Waals surface area contributed by atoms with Crippen molar-refractivity contribution in [3.05, 3.63) is 144 Å². The number of para-hydroxylation sites is 1. The molecule has 5 rings (SSSR count). The Bertz CT molecular complexity index is 1510. The number of amides is 1. The van der Waals surface area contributed by atoms with E-state index in [1.165, 1.54) is 18.1 Å². The van der Waals surface area contributed by atoms with Crippen molar-refractivity contribution in [2.75, 3.05) is 13.1 Å². The first kappa shape index (κ1) is 26.9. The Kier molecular flexibility index (Phi) is 8.72. The maximum atomic E-state index is 13.7. The van der Waals surface area contributed by atoms with E-state index in [0.717, 1.165) is 35.7 Å². The fourth-order valence-electron chi connectivity index (χ4n) is 5.35. The van der Waals surface area contributed by atoms with E-state index in [2.05, 4.69) is 48.5 Å². The van der Waals surface area contributed by atoms with Gasteiger partial charge in [-0.2, -0.15) is 4.73 Å². The van der Waals surface area contributed by atoms with Crippen LogP contribution in [0.4, 0.5) is 0 Å². The van der Waals surface area contributed by atoms with Crippen LogP contribution >= 0.6 is 0 Å². The second kappa shape index (κ2) is 12.9. The zero-order chi connectivity index (χ0) is 27.7. The van der Waals surface area contributed by atoms with Crippen LogP contribution in [0.2, 0.25) is 0 Å². The Balaban J connectivity index is 1.35. The zero-order valence-corrected chi connectivity index (χ0v) is 22.8. The summed E-state index contributed by atoms with van der Waals surface area (Å²) in [6, 6.07) is 38.5. The largest absolute Gasteiger partial charge is 0.339 e. The van der Waals surface area contributed by atoms with Gasteiger partial charge >= 0.3 is 5.97 Å². The minimum absolute atomic E-state index is 0.0443. The maximum absolute atomic E-state index is 13.7. The van der Waals surface area contributed by atoms with E-state index >= 15 is 0 Å². The van der Waals surface area contributed by atoms with Crippen LogP contribution < -0.4 is 4.84 Å². The topological polar surface area (TPSA) is 51.5 Å². The van der Waals surface area contributed by atoms with Gasteiger partial charge in [-0.25, -0.2) is 4.79 Å². The summed E-state index contributed by atoms with van der Waals surface area (Å²) >= 11 is 0. The summed E-state index contributed by atoms with van der Waals surface area (Å²) in [6.07, 6.45) is 4.25. The summed E-state index contributed by atoms with van der Waals surface area (Å²) < 4.78 is 1.55. The van der Waals surface area contributed by atoms with Gasteiger partial charge in [0.25, 0.3) is 5.91 Å². The highest BCUT2D eigenvalue weighted by molar-refractivity contribution is 5.94. The molecule has 0 spiro atoms. The van der Waals surface area contributed by atoms with Gasteiger partial charge in [0.2, 0.25) is 0 Å². The van der Waals surface area contributed by atoms with Gasteiger partial charge in [-0.1, -0.05) is 97.1 Å². The fraction of sp³-hybridized carbons (Fsp3) is 0.200. The number of nitrogens with zero attached hydrogens (tertiary/aromatic N) is 2. The molecular formula is C35H34N2O3. The van der Waals surface area contributed by atoms with Gasteiger partial charge in [0, 0.05) is 43.1 Å². The Labute approximate surface area is 235 Å². The monoisotopic (exact) mass is 530 g/mol. The van der Waals surface area contributed by atoms with Crippen LogP contribution in [0.5, 0.6) is 0 Å². The first-order valence-corrected chi connectivity index (χ1v) is 13.8. The summed E-state index contributed by atoms with van der Waals surface area (Å²) in [4.78, 5) is 32.7. The highest BCUT2D eigenvalue weighted by Gasteiger charge is 2.20. The molecule has 0 aliphatic carbocycles. The predicted molar refractivity (Wildman–Crippen MR) is 159 cm³/mol. The quantitative estimate of drug-likeness (QED) is 0.186. The zero-order valence-electron chi connectivity index (χ0n) is 22.8. The van der Waals surface area contributed by atoms with Gasteiger partial charge in [-0.3, -0.25) is 4.79 Å². The third kappa shape index (κ3) is 6.49. The van der Waals surface area contributed by atoms with Crippen molar-refractivity contribution in [3.63, 3.8) is 0 Å². The molecule has 0 fully saturated rings. The van der Waals surface area contributed by atoms with Crippen LogP contribution in [0.25, 0.3) is 10.9 Å². The van der Waals surface area contributed by atoms with Gasteiger partial charge in [0.15, 0.2) is 0 Å². The third-order valence-corrected chi connectivity index (χ3v) is 7.26. The van der Waals surface area contributed by atoms with Gasteiger partial charge in [-0.15, -0.1) is 0 Å². The molecule has 1 aromatic heterocycles. The molecule has 202 valence electrons. The third-order valence-electron chi connectivity index (χ3n) is 7.26. The van der Waals surface area contributed by atoms with Crippen LogP contribution in [0.3, 0.4) is 0 Å². The average Bonchev–Trinajstić information content (AvgIpc) is 3.34. The van der Waals surface area contributed by atoms with E-state index in [1.54, 1.807) is 4.73 Å². The SMILES string of the molecule is CC(=O)On1cc(CCCN(CCC(c2ccccc2)c2ccccc2)C(=O)c2ccccc2)c2ccccc21. The maximum Gasteiger partial charge on any atom is 0.329 e. The Morgan fingerprint density at radius 2 is 1.32 bits per heavy atom. The van der Waals surface area contributed by atoms with Crippen molar-refractivity contribution in [3.8, 4) is 0 Å². The standard InChI is InChI=1S/C35H34N2O3/c1-27(38)40-37-26-31(33-21-11-12-22-34(33)37)20-13-24-36(35(39)30-18-9-4-10-19-30)25-23-32(28-14-5-2-6-15-28)29-16-7-3-8-17-29/h2-12,14-19,21-22,26,32H,13,20,23-25H2,1H3. The van der Waals surface area contributed by atoms with Gasteiger partial charge in [0.1, 0.15) is 0 Å². The van der Waals surface area contributed by atoms with E-state index in [9.17, 15) is 9.59 Å². The number of rotatable bonds is 11. The van der Waals surface area contributed by atoms with Crippen LogP contribution in [0.15, 0.2) is 121 Å². The number of aromatic nitrogens is 1. The van der Waals surface area contributed by atoms with Crippen LogP contribution in [-0.4, -0.2) is 34.6 Å². The lowest BCUT2D eigenvalue weighted by atomic mass is 9.88. The molecule has 1 amide bonds. The van der Waals surface area contributed by atoms with E-state index in [1.807, 2.05) is 77.8 Å². The molecule has 0 saturated heterocycles. The van der Waals surface area contributed by atoms with Gasteiger partial charge in [-0.05, 0) is 54.2 Å². The smallest absolute Gasteiger partial charge is 0.329 e. The number of carbonyl (C=O) groups is 2. The molecule has 5 heteroatoms. The van der Waals surface area contributed by atoms with Crippen molar-refractivity contribution in [1.29, 1.82) is 0 Å². The van der Waals surface area contributed by atoms with E-state index in [0.29, 0.717) is 18.7 Å². The molecule has 0 atom stereocenters. The lowest BCUT2D eigenvalue weighted by molar-refractivity contribution is -0.140. The summed E-state index contributed by atoms with van der Waals surface area (Å²) in [5.41, 5.74) is 5.15. The van der Waals surface area contributed by atoms with Crippen LogP contribution in [0.1, 0.15) is 52.7 Å². The molecule has 0 bridgehead atoms. The number of fused-ring (bicyclic) bond motifs is 1. The van der Waals surface area contributed by atoms with Crippen molar-refractivity contribution in [2.24, 2.45) is 0 Å². The molecule has 4 aromatic carbocycles. The molecule has 0 saturated carbocycles.